The summed E-state index contributed by atoms with van der Waals surface area (Å²) in [6, 6.07) is 10.6. The van der Waals surface area contributed by atoms with Gasteiger partial charge in [0.1, 0.15) is 11.6 Å². The maximum Gasteiger partial charge on any atom is 0.220 e. The SMILES string of the molecule is Cc1ccc(-c2cc(N3CCC(C(N)=O)CC3)nc(C3CC3)n2)cc1. The van der Waals surface area contributed by atoms with E-state index < -0.39 is 0 Å². The Morgan fingerprint density at radius 2 is 1.76 bits per heavy atom. The highest BCUT2D eigenvalue weighted by Crippen LogP contribution is 2.39. The smallest absolute Gasteiger partial charge is 0.220 e. The summed E-state index contributed by atoms with van der Waals surface area (Å²) in [5.74, 6) is 2.27. The summed E-state index contributed by atoms with van der Waals surface area (Å²) >= 11 is 0. The van der Waals surface area contributed by atoms with Crippen molar-refractivity contribution in [3.63, 3.8) is 0 Å². The lowest BCUT2D eigenvalue weighted by Gasteiger charge is -2.31. The van der Waals surface area contributed by atoms with E-state index in [2.05, 4.69) is 42.2 Å². The third kappa shape index (κ3) is 3.50. The first-order valence-electron chi connectivity index (χ1n) is 9.10. The largest absolute Gasteiger partial charge is 0.369 e. The molecule has 1 aromatic carbocycles. The van der Waals surface area contributed by atoms with E-state index in [4.69, 9.17) is 15.7 Å². The summed E-state index contributed by atoms with van der Waals surface area (Å²) in [6.45, 7) is 3.73. The molecule has 1 aromatic heterocycles. The second-order valence-electron chi connectivity index (χ2n) is 7.27. The predicted octanol–water partition coefficient (Wildman–Crippen LogP) is 3.03. The number of nitrogens with zero attached hydrogens (tertiary/aromatic N) is 3. The van der Waals surface area contributed by atoms with Crippen molar-refractivity contribution in [3.05, 3.63) is 41.7 Å². The summed E-state index contributed by atoms with van der Waals surface area (Å²) < 4.78 is 0. The van der Waals surface area contributed by atoms with Gasteiger partial charge in [-0.2, -0.15) is 0 Å². The van der Waals surface area contributed by atoms with Crippen LogP contribution in [0, 0.1) is 12.8 Å². The maximum atomic E-state index is 11.4. The Hall–Kier alpha value is -2.43. The lowest BCUT2D eigenvalue weighted by atomic mass is 9.96. The van der Waals surface area contributed by atoms with E-state index in [1.54, 1.807) is 0 Å². The van der Waals surface area contributed by atoms with Crippen molar-refractivity contribution < 1.29 is 4.79 Å². The Labute approximate surface area is 148 Å². The zero-order chi connectivity index (χ0) is 17.4. The fraction of sp³-hybridized carbons (Fsp3) is 0.450. The number of rotatable bonds is 4. The Bertz CT molecular complexity index is 775. The summed E-state index contributed by atoms with van der Waals surface area (Å²) in [7, 11) is 0. The molecule has 0 bridgehead atoms. The van der Waals surface area contributed by atoms with Gasteiger partial charge in [0.15, 0.2) is 0 Å². The van der Waals surface area contributed by atoms with Gasteiger partial charge in [0.25, 0.3) is 0 Å². The first-order valence-corrected chi connectivity index (χ1v) is 9.10. The molecule has 25 heavy (non-hydrogen) atoms. The molecule has 5 heteroatoms. The first kappa shape index (κ1) is 16.1. The van der Waals surface area contributed by atoms with Gasteiger partial charge in [-0.15, -0.1) is 0 Å². The number of hydrogen-bond donors (Lipinski definition) is 1. The van der Waals surface area contributed by atoms with Crippen LogP contribution in [0.4, 0.5) is 5.82 Å². The molecule has 2 aliphatic rings. The van der Waals surface area contributed by atoms with Crippen LogP contribution in [0.5, 0.6) is 0 Å². The second kappa shape index (κ2) is 6.47. The van der Waals surface area contributed by atoms with Crippen LogP contribution in [0.15, 0.2) is 30.3 Å². The third-order valence-electron chi connectivity index (χ3n) is 5.24. The van der Waals surface area contributed by atoms with E-state index in [1.807, 2.05) is 0 Å². The number of carbonyl (C=O) groups is 1. The summed E-state index contributed by atoms with van der Waals surface area (Å²) in [5.41, 5.74) is 8.81. The minimum atomic E-state index is -0.179. The summed E-state index contributed by atoms with van der Waals surface area (Å²) in [5, 5.41) is 0. The molecule has 0 atom stereocenters. The van der Waals surface area contributed by atoms with E-state index in [0.29, 0.717) is 5.92 Å². The topological polar surface area (TPSA) is 72.1 Å². The van der Waals surface area contributed by atoms with Crippen molar-refractivity contribution in [3.8, 4) is 11.3 Å². The molecule has 0 spiro atoms. The van der Waals surface area contributed by atoms with Gasteiger partial charge < -0.3 is 10.6 Å². The molecular formula is C20H24N4O. The van der Waals surface area contributed by atoms with Crippen LogP contribution in [-0.4, -0.2) is 29.0 Å². The maximum absolute atomic E-state index is 11.4. The molecule has 1 aliphatic heterocycles. The highest BCUT2D eigenvalue weighted by molar-refractivity contribution is 5.77. The fourth-order valence-electron chi connectivity index (χ4n) is 3.40. The van der Waals surface area contributed by atoms with E-state index in [-0.39, 0.29) is 11.8 Å². The van der Waals surface area contributed by atoms with Gasteiger partial charge in [0.05, 0.1) is 5.69 Å². The van der Waals surface area contributed by atoms with Crippen LogP contribution in [0.3, 0.4) is 0 Å². The van der Waals surface area contributed by atoms with Crippen molar-refractivity contribution in [2.75, 3.05) is 18.0 Å². The quantitative estimate of drug-likeness (QED) is 0.931. The van der Waals surface area contributed by atoms with Gasteiger partial charge in [-0.05, 0) is 32.6 Å². The van der Waals surface area contributed by atoms with Gasteiger partial charge >= 0.3 is 0 Å². The van der Waals surface area contributed by atoms with Crippen LogP contribution in [0.25, 0.3) is 11.3 Å². The molecule has 4 rings (SSSR count). The Morgan fingerprint density at radius 3 is 2.36 bits per heavy atom. The van der Waals surface area contributed by atoms with Crippen molar-refractivity contribution in [2.45, 2.75) is 38.5 Å². The predicted molar refractivity (Wildman–Crippen MR) is 98.3 cm³/mol. The Balaban J connectivity index is 1.63. The molecule has 2 fully saturated rings. The number of hydrogen-bond acceptors (Lipinski definition) is 4. The van der Waals surface area contributed by atoms with Crippen LogP contribution in [0.2, 0.25) is 0 Å². The lowest BCUT2D eigenvalue weighted by molar-refractivity contribution is -0.122. The van der Waals surface area contributed by atoms with Crippen LogP contribution >= 0.6 is 0 Å². The van der Waals surface area contributed by atoms with Crippen LogP contribution in [0.1, 0.15) is 43.0 Å². The van der Waals surface area contributed by atoms with E-state index in [0.717, 1.165) is 48.8 Å². The number of nitrogens with two attached hydrogens (primary N) is 1. The second-order valence-corrected chi connectivity index (χ2v) is 7.27. The molecule has 0 radical (unpaired) electrons. The molecule has 1 saturated heterocycles. The van der Waals surface area contributed by atoms with E-state index >= 15 is 0 Å². The number of amides is 1. The van der Waals surface area contributed by atoms with Crippen molar-refractivity contribution in [2.24, 2.45) is 11.7 Å². The van der Waals surface area contributed by atoms with Gasteiger partial charge in [0.2, 0.25) is 5.91 Å². The van der Waals surface area contributed by atoms with Gasteiger partial charge in [-0.1, -0.05) is 29.8 Å². The third-order valence-corrected chi connectivity index (χ3v) is 5.24. The van der Waals surface area contributed by atoms with E-state index in [9.17, 15) is 4.79 Å². The monoisotopic (exact) mass is 336 g/mol. The number of anilines is 1. The van der Waals surface area contributed by atoms with E-state index in [1.165, 1.54) is 18.4 Å². The first-order chi connectivity index (χ1) is 12.1. The number of carbonyl (C=O) groups excluding carboxylic acids is 1. The Morgan fingerprint density at radius 1 is 1.08 bits per heavy atom. The van der Waals surface area contributed by atoms with Gasteiger partial charge in [-0.3, -0.25) is 4.79 Å². The molecular weight excluding hydrogens is 312 g/mol. The number of aromatic nitrogens is 2. The molecule has 0 unspecified atom stereocenters. The van der Waals surface area contributed by atoms with Crippen molar-refractivity contribution >= 4 is 11.7 Å². The molecule has 1 amide bonds. The number of benzene rings is 1. The molecule has 2 heterocycles. The number of aryl methyl sites for hydroxylation is 1. The highest BCUT2D eigenvalue weighted by Gasteiger charge is 2.29. The fourth-order valence-corrected chi connectivity index (χ4v) is 3.40. The zero-order valence-corrected chi connectivity index (χ0v) is 14.6. The molecule has 5 nitrogen and oxygen atoms in total. The van der Waals surface area contributed by atoms with Crippen molar-refractivity contribution in [1.82, 2.24) is 9.97 Å². The minimum Gasteiger partial charge on any atom is -0.369 e. The average Bonchev–Trinajstić information content (AvgIpc) is 3.47. The molecule has 2 aromatic rings. The molecule has 1 aliphatic carbocycles. The van der Waals surface area contributed by atoms with Crippen molar-refractivity contribution in [1.29, 1.82) is 0 Å². The van der Waals surface area contributed by atoms with Crippen LogP contribution < -0.4 is 10.6 Å². The molecule has 2 N–H and O–H groups in total. The standard InChI is InChI=1S/C20H24N4O/c1-13-2-4-14(5-3-13)17-12-18(23-20(22-17)16-6-7-16)24-10-8-15(9-11-24)19(21)25/h2-5,12,15-16H,6-11H2,1H3,(H2,21,25). The highest BCUT2D eigenvalue weighted by atomic mass is 16.1. The van der Waals surface area contributed by atoms with Gasteiger partial charge in [-0.25, -0.2) is 9.97 Å². The summed E-state index contributed by atoms with van der Waals surface area (Å²) in [6.07, 6.45) is 3.97. The zero-order valence-electron chi connectivity index (χ0n) is 14.6. The number of primary amides is 1. The molecule has 130 valence electrons. The normalized spacial score (nSPS) is 18.4. The number of piperidine rings is 1. The Kier molecular flexibility index (Phi) is 4.15. The van der Waals surface area contributed by atoms with Gasteiger partial charge in [0, 0.05) is 36.6 Å². The average molecular weight is 336 g/mol. The molecule has 1 saturated carbocycles. The lowest BCUT2D eigenvalue weighted by Crippen LogP contribution is -2.39. The van der Waals surface area contributed by atoms with Crippen LogP contribution in [-0.2, 0) is 4.79 Å². The summed E-state index contributed by atoms with van der Waals surface area (Å²) in [4.78, 5) is 23.3. The minimum absolute atomic E-state index is 0.00226.